The number of rotatable bonds is 8. The van der Waals surface area contributed by atoms with Crippen LogP contribution in [0.3, 0.4) is 0 Å². The van der Waals surface area contributed by atoms with Gasteiger partial charge in [0.2, 0.25) is 0 Å². The van der Waals surface area contributed by atoms with E-state index in [0.29, 0.717) is 5.84 Å². The van der Waals surface area contributed by atoms with E-state index < -0.39 is 12.2 Å². The molecule has 62 heavy (non-hydrogen) atoms. The number of hydrogen-bond donors (Lipinski definition) is 2. The maximum atomic E-state index is 7.13. The summed E-state index contributed by atoms with van der Waals surface area (Å²) in [6.45, 7) is 0. The summed E-state index contributed by atoms with van der Waals surface area (Å²) in [5.74, 6) is 0.691. The van der Waals surface area contributed by atoms with E-state index in [2.05, 4.69) is 173 Å². The Labute approximate surface area is 360 Å². The number of hydrogen-bond acceptors (Lipinski definition) is 3. The first-order valence-electron chi connectivity index (χ1n) is 21.1. The molecule has 0 bridgehead atoms. The third-order valence-electron chi connectivity index (χ3n) is 12.2. The highest BCUT2D eigenvalue weighted by atomic mass is 15.1. The van der Waals surface area contributed by atoms with Crippen LogP contribution in [0, 0.1) is 0 Å². The zero-order chi connectivity index (χ0) is 41.6. The fraction of sp³-hybridized carbons (Fsp3) is 0.0351. The summed E-state index contributed by atoms with van der Waals surface area (Å²) in [6.07, 6.45) is -0.593. The molecule has 5 heteroatoms. The van der Waals surface area contributed by atoms with Crippen molar-refractivity contribution in [1.82, 2.24) is 9.13 Å². The van der Waals surface area contributed by atoms with Crippen molar-refractivity contribution < 1.29 is 0 Å². The smallest absolute Gasteiger partial charge is 0.132 e. The average Bonchev–Trinajstić information content (AvgIpc) is 3.85. The van der Waals surface area contributed by atoms with Crippen molar-refractivity contribution in [3.63, 3.8) is 0 Å². The Balaban J connectivity index is 0.991. The molecule has 5 nitrogen and oxygen atoms in total. The van der Waals surface area contributed by atoms with Gasteiger partial charge in [-0.05, 0) is 87.0 Å². The molecule has 1 unspecified atom stereocenters. The highest BCUT2D eigenvalue weighted by molar-refractivity contribution is 6.16. The first-order valence-corrected chi connectivity index (χ1v) is 21.1. The van der Waals surface area contributed by atoms with Crippen LogP contribution in [0.25, 0.3) is 82.7 Å². The fourth-order valence-electron chi connectivity index (χ4n) is 9.07. The van der Waals surface area contributed by atoms with Crippen LogP contribution in [0.1, 0.15) is 23.3 Å². The zero-order valence-corrected chi connectivity index (χ0v) is 34.0. The molecule has 0 saturated carbocycles. The molecule has 0 saturated heterocycles. The highest BCUT2D eigenvalue weighted by Crippen LogP contribution is 2.39. The van der Waals surface area contributed by atoms with Gasteiger partial charge in [-0.1, -0.05) is 182 Å². The van der Waals surface area contributed by atoms with Crippen LogP contribution >= 0.6 is 0 Å². The van der Waals surface area contributed by atoms with E-state index >= 15 is 0 Å². The summed E-state index contributed by atoms with van der Waals surface area (Å²) in [7, 11) is 0. The molecule has 11 aromatic rings. The molecule has 0 aliphatic heterocycles. The lowest BCUT2D eigenvalue weighted by atomic mass is 9.98. The molecule has 9 aromatic carbocycles. The van der Waals surface area contributed by atoms with Gasteiger partial charge in [-0.2, -0.15) is 0 Å². The van der Waals surface area contributed by atoms with E-state index in [-0.39, 0.29) is 0 Å². The number of benzene rings is 9. The molecule has 0 radical (unpaired) electrons. The van der Waals surface area contributed by atoms with Crippen molar-refractivity contribution in [3.8, 4) is 39.1 Å². The number of aromatic nitrogens is 2. The second-order valence-corrected chi connectivity index (χ2v) is 15.9. The van der Waals surface area contributed by atoms with Gasteiger partial charge in [-0.15, -0.1) is 0 Å². The predicted octanol–water partition coefficient (Wildman–Crippen LogP) is 13.5. The van der Waals surface area contributed by atoms with Gasteiger partial charge in [0.15, 0.2) is 0 Å². The minimum atomic E-state index is -0.593. The van der Waals surface area contributed by atoms with Gasteiger partial charge in [-0.3, -0.25) is 4.57 Å². The zero-order valence-electron chi connectivity index (χ0n) is 34.0. The second-order valence-electron chi connectivity index (χ2n) is 15.9. The van der Waals surface area contributed by atoms with Crippen LogP contribution in [0.5, 0.6) is 0 Å². The topological polar surface area (TPSA) is 74.3 Å². The molecule has 2 aromatic heterocycles. The first kappa shape index (κ1) is 37.2. The van der Waals surface area contributed by atoms with E-state index in [0.717, 1.165) is 55.3 Å². The lowest BCUT2D eigenvalue weighted by Gasteiger charge is -2.21. The van der Waals surface area contributed by atoms with Gasteiger partial charge in [-0.25, -0.2) is 4.99 Å². The van der Waals surface area contributed by atoms with Crippen molar-refractivity contribution in [2.45, 2.75) is 12.2 Å². The number of nitrogens with two attached hydrogens (primary N) is 2. The molecular weight excluding hydrogens is 755 g/mol. The van der Waals surface area contributed by atoms with Gasteiger partial charge >= 0.3 is 0 Å². The molecule has 11 rings (SSSR count). The standard InChI is InChI=1S/C57H43N5/c58-55(41-17-7-2-8-18-41)57(60-56(59)42-19-9-3-10-20-42)62-51-24-14-13-23-47(51)50-35-43(31-34-52(50)62)39-25-27-40(28-26-39)45-30-33-49-48-32-29-44(38-15-5-1-6-16-38)36-53(48)61(54(49)37-45)46-21-11-4-12-22-46/h1-37,55-56H,58-59H2/b60-57+/t55-,56?/m1/s1. The number of nitrogens with zero attached hydrogens (tertiary/aromatic N) is 3. The molecule has 4 N–H and O–H groups in total. The average molecular weight is 798 g/mol. The van der Waals surface area contributed by atoms with Crippen LogP contribution in [-0.4, -0.2) is 15.0 Å². The Kier molecular flexibility index (Phi) is 9.39. The lowest BCUT2D eigenvalue weighted by Crippen LogP contribution is -2.29. The van der Waals surface area contributed by atoms with Crippen molar-refractivity contribution in [3.05, 3.63) is 236 Å². The Hall–Kier alpha value is -7.83. The molecule has 2 heterocycles. The van der Waals surface area contributed by atoms with E-state index in [1.54, 1.807) is 0 Å². The third kappa shape index (κ3) is 6.57. The van der Waals surface area contributed by atoms with Crippen molar-refractivity contribution in [2.75, 3.05) is 0 Å². The van der Waals surface area contributed by atoms with E-state index in [1.165, 1.54) is 38.5 Å². The maximum absolute atomic E-state index is 7.13. The molecule has 2 atom stereocenters. The second kappa shape index (κ2) is 15.6. The van der Waals surface area contributed by atoms with Crippen LogP contribution < -0.4 is 11.5 Å². The van der Waals surface area contributed by atoms with Crippen molar-refractivity contribution in [2.24, 2.45) is 16.5 Å². The normalized spacial score (nSPS) is 13.0. The van der Waals surface area contributed by atoms with Crippen LogP contribution in [-0.2, 0) is 0 Å². The van der Waals surface area contributed by atoms with Gasteiger partial charge in [0.05, 0.1) is 28.1 Å². The fourth-order valence-corrected chi connectivity index (χ4v) is 9.07. The monoisotopic (exact) mass is 797 g/mol. The molecule has 0 spiro atoms. The summed E-state index contributed by atoms with van der Waals surface area (Å²) in [5.41, 5.74) is 28.4. The maximum Gasteiger partial charge on any atom is 0.132 e. The Morgan fingerprint density at radius 2 is 0.790 bits per heavy atom. The molecular formula is C57H43N5. The largest absolute Gasteiger partial charge is 0.318 e. The SMILES string of the molecule is NC(/N=C(\[C@H](N)c1ccccc1)n1c2ccccc2c2cc(-c3ccc(-c4ccc5c6ccc(-c7ccccc7)cc6n(-c6ccccc6)c5c4)cc3)ccc21)c1ccccc1. The van der Waals surface area contributed by atoms with Crippen molar-refractivity contribution in [1.29, 1.82) is 0 Å². The molecule has 0 fully saturated rings. The Bertz CT molecular complexity index is 3400. The van der Waals surface area contributed by atoms with Crippen LogP contribution in [0.15, 0.2) is 229 Å². The predicted molar refractivity (Wildman–Crippen MR) is 260 cm³/mol. The number of aliphatic imine (C=N–C) groups is 1. The molecule has 0 aliphatic rings. The summed E-state index contributed by atoms with van der Waals surface area (Å²) >= 11 is 0. The minimum Gasteiger partial charge on any atom is -0.318 e. The Morgan fingerprint density at radius 3 is 1.40 bits per heavy atom. The quantitative estimate of drug-likeness (QED) is 0.119. The first-order chi connectivity index (χ1) is 30.6. The Morgan fingerprint density at radius 1 is 0.355 bits per heavy atom. The van der Waals surface area contributed by atoms with Crippen LogP contribution in [0.4, 0.5) is 0 Å². The van der Waals surface area contributed by atoms with E-state index in [9.17, 15) is 0 Å². The number of fused-ring (bicyclic) bond motifs is 6. The van der Waals surface area contributed by atoms with E-state index in [1.807, 2.05) is 60.7 Å². The molecule has 296 valence electrons. The minimum absolute atomic E-state index is 0.517. The summed E-state index contributed by atoms with van der Waals surface area (Å²) in [5, 5.41) is 4.72. The van der Waals surface area contributed by atoms with Crippen molar-refractivity contribution >= 4 is 49.4 Å². The van der Waals surface area contributed by atoms with E-state index in [4.69, 9.17) is 16.5 Å². The van der Waals surface area contributed by atoms with Gasteiger partial charge in [0.1, 0.15) is 12.0 Å². The summed E-state index contributed by atoms with van der Waals surface area (Å²) in [6, 6.07) is 78.7. The lowest BCUT2D eigenvalue weighted by molar-refractivity contribution is 0.752. The van der Waals surface area contributed by atoms with Gasteiger partial charge in [0.25, 0.3) is 0 Å². The summed E-state index contributed by atoms with van der Waals surface area (Å²) in [4.78, 5) is 5.19. The van der Waals surface area contributed by atoms with Crippen LogP contribution in [0.2, 0.25) is 0 Å². The summed E-state index contributed by atoms with van der Waals surface area (Å²) < 4.78 is 4.60. The molecule has 0 aliphatic carbocycles. The van der Waals surface area contributed by atoms with Gasteiger partial charge in [0, 0.05) is 27.2 Å². The molecule has 0 amide bonds. The third-order valence-corrected chi connectivity index (χ3v) is 12.2. The van der Waals surface area contributed by atoms with Gasteiger partial charge < -0.3 is 16.0 Å². The number of para-hydroxylation sites is 2. The highest BCUT2D eigenvalue weighted by Gasteiger charge is 2.23.